The van der Waals surface area contributed by atoms with Gasteiger partial charge in [-0.05, 0) is 43.6 Å². The summed E-state index contributed by atoms with van der Waals surface area (Å²) in [4.78, 5) is 2.25. The van der Waals surface area contributed by atoms with Crippen molar-refractivity contribution in [2.24, 2.45) is 0 Å². The summed E-state index contributed by atoms with van der Waals surface area (Å²) in [5.41, 5.74) is 1.20. The fraction of sp³-hybridized carbons (Fsp3) is 0.562. The van der Waals surface area contributed by atoms with Crippen LogP contribution in [0, 0.1) is 0 Å². The zero-order valence-corrected chi connectivity index (χ0v) is 12.6. The van der Waals surface area contributed by atoms with Gasteiger partial charge in [-0.15, -0.1) is 0 Å². The van der Waals surface area contributed by atoms with E-state index in [1.165, 1.54) is 44.2 Å². The lowest BCUT2D eigenvalue weighted by Crippen LogP contribution is -2.44. The lowest BCUT2D eigenvalue weighted by atomic mass is 10.2. The van der Waals surface area contributed by atoms with Crippen molar-refractivity contribution in [3.8, 4) is 0 Å². The van der Waals surface area contributed by atoms with Crippen molar-refractivity contribution in [2.45, 2.75) is 51.5 Å². The molecule has 1 aliphatic carbocycles. The molecule has 1 aromatic carbocycles. The van der Waals surface area contributed by atoms with E-state index < -0.39 is 0 Å². The van der Waals surface area contributed by atoms with Gasteiger partial charge in [-0.25, -0.2) is 0 Å². The monoisotopic (exact) mass is 276 g/mol. The number of para-hydroxylation sites is 1. The zero-order valence-electron chi connectivity index (χ0n) is 11.8. The van der Waals surface area contributed by atoms with E-state index in [0.29, 0.717) is 6.04 Å². The van der Waals surface area contributed by atoms with Gasteiger partial charge in [0.2, 0.25) is 0 Å². The second-order valence-electron chi connectivity index (χ2n) is 5.27. The number of thiocarbonyl (C=S) groups is 1. The number of nitrogens with one attached hydrogen (secondary N) is 1. The van der Waals surface area contributed by atoms with Crippen LogP contribution in [0.15, 0.2) is 30.3 Å². The molecule has 0 atom stereocenters. The Morgan fingerprint density at radius 2 is 1.95 bits per heavy atom. The van der Waals surface area contributed by atoms with Crippen LogP contribution in [0.3, 0.4) is 0 Å². The van der Waals surface area contributed by atoms with Gasteiger partial charge in [0.15, 0.2) is 5.11 Å². The number of hydrogen-bond donors (Lipinski definition) is 1. The van der Waals surface area contributed by atoms with Crippen LogP contribution in [0.25, 0.3) is 0 Å². The van der Waals surface area contributed by atoms with Crippen LogP contribution < -0.4 is 10.2 Å². The minimum absolute atomic E-state index is 0.584. The molecule has 3 heteroatoms. The summed E-state index contributed by atoms with van der Waals surface area (Å²) in [6, 6.07) is 11.1. The summed E-state index contributed by atoms with van der Waals surface area (Å²) >= 11 is 5.62. The second-order valence-corrected chi connectivity index (χ2v) is 5.66. The highest BCUT2D eigenvalue weighted by Gasteiger charge is 2.19. The van der Waals surface area contributed by atoms with Crippen LogP contribution >= 0.6 is 12.2 Å². The van der Waals surface area contributed by atoms with Crippen molar-refractivity contribution in [1.29, 1.82) is 0 Å². The third kappa shape index (κ3) is 4.20. The van der Waals surface area contributed by atoms with Gasteiger partial charge in [0.25, 0.3) is 0 Å². The van der Waals surface area contributed by atoms with Gasteiger partial charge in [0.05, 0.1) is 0 Å². The Kier molecular flexibility index (Phi) is 5.64. The Labute approximate surface area is 122 Å². The van der Waals surface area contributed by atoms with Gasteiger partial charge in [-0.3, -0.25) is 0 Å². The second kappa shape index (κ2) is 7.49. The first-order chi connectivity index (χ1) is 9.31. The number of nitrogens with zero attached hydrogens (tertiary/aromatic N) is 1. The fourth-order valence-electron chi connectivity index (χ4n) is 2.59. The highest BCUT2D eigenvalue weighted by Crippen LogP contribution is 2.20. The Balaban J connectivity index is 2.01. The van der Waals surface area contributed by atoms with Crippen molar-refractivity contribution in [2.75, 3.05) is 11.4 Å². The van der Waals surface area contributed by atoms with Gasteiger partial charge in [0.1, 0.15) is 0 Å². The molecule has 0 aliphatic heterocycles. The fourth-order valence-corrected chi connectivity index (χ4v) is 2.96. The van der Waals surface area contributed by atoms with E-state index in [1.54, 1.807) is 0 Å². The summed E-state index contributed by atoms with van der Waals surface area (Å²) in [6.07, 6.45) is 7.55. The number of unbranched alkanes of at least 4 members (excludes halogenated alkanes) is 1. The van der Waals surface area contributed by atoms with Crippen LogP contribution in [0.4, 0.5) is 5.69 Å². The average Bonchev–Trinajstić information content (AvgIpc) is 2.93. The molecule has 1 aliphatic rings. The minimum Gasteiger partial charge on any atom is -0.360 e. The molecule has 0 bridgehead atoms. The molecule has 1 saturated carbocycles. The van der Waals surface area contributed by atoms with E-state index in [9.17, 15) is 0 Å². The van der Waals surface area contributed by atoms with E-state index in [2.05, 4.69) is 47.5 Å². The Hall–Kier alpha value is -1.09. The van der Waals surface area contributed by atoms with Gasteiger partial charge >= 0.3 is 0 Å². The first-order valence-electron chi connectivity index (χ1n) is 7.44. The normalized spacial score (nSPS) is 15.4. The predicted molar refractivity (Wildman–Crippen MR) is 86.7 cm³/mol. The van der Waals surface area contributed by atoms with Gasteiger partial charge < -0.3 is 10.2 Å². The molecule has 2 rings (SSSR count). The van der Waals surface area contributed by atoms with Gasteiger partial charge in [0, 0.05) is 18.3 Å². The molecule has 19 heavy (non-hydrogen) atoms. The molecule has 0 radical (unpaired) electrons. The molecule has 2 nitrogen and oxygen atoms in total. The molecule has 0 heterocycles. The van der Waals surface area contributed by atoms with E-state index in [-0.39, 0.29) is 0 Å². The number of benzene rings is 1. The molecular weight excluding hydrogens is 252 g/mol. The Bertz CT molecular complexity index is 385. The number of hydrogen-bond acceptors (Lipinski definition) is 1. The highest BCUT2D eigenvalue weighted by atomic mass is 32.1. The standard InChI is InChI=1S/C16H24N2S/c1-2-3-13-18(15-11-5-4-6-12-15)16(19)17-14-9-7-8-10-14/h4-6,11-12,14H,2-3,7-10,13H2,1H3,(H,17,19). The molecule has 0 amide bonds. The van der Waals surface area contributed by atoms with Crippen molar-refractivity contribution in [3.05, 3.63) is 30.3 Å². The summed E-state index contributed by atoms with van der Waals surface area (Å²) in [5, 5.41) is 4.44. The maximum atomic E-state index is 5.62. The van der Waals surface area contributed by atoms with E-state index in [0.717, 1.165) is 11.7 Å². The van der Waals surface area contributed by atoms with Crippen molar-refractivity contribution in [3.63, 3.8) is 0 Å². The molecule has 1 fully saturated rings. The molecule has 104 valence electrons. The first kappa shape index (κ1) is 14.3. The predicted octanol–water partition coefficient (Wildman–Crippen LogP) is 4.11. The number of rotatable bonds is 5. The third-order valence-corrected chi connectivity index (χ3v) is 4.07. The molecule has 1 N–H and O–H groups in total. The van der Waals surface area contributed by atoms with Gasteiger partial charge in [-0.2, -0.15) is 0 Å². The molecule has 0 spiro atoms. The maximum absolute atomic E-state index is 5.62. The molecular formula is C16H24N2S. The van der Waals surface area contributed by atoms with Crippen LogP contribution in [0.5, 0.6) is 0 Å². The van der Waals surface area contributed by atoms with Gasteiger partial charge in [-0.1, -0.05) is 44.4 Å². The van der Waals surface area contributed by atoms with Crippen LogP contribution in [-0.2, 0) is 0 Å². The van der Waals surface area contributed by atoms with Crippen molar-refractivity contribution < 1.29 is 0 Å². The lowest BCUT2D eigenvalue weighted by Gasteiger charge is -2.28. The van der Waals surface area contributed by atoms with Crippen molar-refractivity contribution >= 4 is 23.0 Å². The maximum Gasteiger partial charge on any atom is 0.173 e. The lowest BCUT2D eigenvalue weighted by molar-refractivity contribution is 0.626. The van der Waals surface area contributed by atoms with E-state index in [1.807, 2.05) is 0 Å². The first-order valence-corrected chi connectivity index (χ1v) is 7.85. The summed E-state index contributed by atoms with van der Waals surface area (Å²) in [5.74, 6) is 0. The molecule has 0 saturated heterocycles. The molecule has 0 aromatic heterocycles. The summed E-state index contributed by atoms with van der Waals surface area (Å²) in [6.45, 7) is 3.22. The summed E-state index contributed by atoms with van der Waals surface area (Å²) in [7, 11) is 0. The zero-order chi connectivity index (χ0) is 13.5. The Morgan fingerprint density at radius 3 is 2.58 bits per heavy atom. The van der Waals surface area contributed by atoms with E-state index >= 15 is 0 Å². The number of anilines is 1. The summed E-state index contributed by atoms with van der Waals surface area (Å²) < 4.78 is 0. The third-order valence-electron chi connectivity index (χ3n) is 3.73. The Morgan fingerprint density at radius 1 is 1.26 bits per heavy atom. The van der Waals surface area contributed by atoms with Crippen molar-refractivity contribution in [1.82, 2.24) is 5.32 Å². The molecule has 0 unspecified atom stereocenters. The van der Waals surface area contributed by atoms with Crippen LogP contribution in [0.1, 0.15) is 45.4 Å². The smallest absolute Gasteiger partial charge is 0.173 e. The van der Waals surface area contributed by atoms with Crippen LogP contribution in [-0.4, -0.2) is 17.7 Å². The average molecular weight is 276 g/mol. The SMILES string of the molecule is CCCCN(C(=S)NC1CCCC1)c1ccccc1. The molecule has 1 aromatic rings. The topological polar surface area (TPSA) is 15.3 Å². The highest BCUT2D eigenvalue weighted by molar-refractivity contribution is 7.80. The quantitative estimate of drug-likeness (QED) is 0.815. The largest absolute Gasteiger partial charge is 0.360 e. The minimum atomic E-state index is 0.584. The van der Waals surface area contributed by atoms with E-state index in [4.69, 9.17) is 12.2 Å². The van der Waals surface area contributed by atoms with Crippen LogP contribution in [0.2, 0.25) is 0 Å².